The summed E-state index contributed by atoms with van der Waals surface area (Å²) in [5.41, 5.74) is 2.84. The molecular formula is C17H16O3. The van der Waals surface area contributed by atoms with E-state index in [0.717, 1.165) is 11.1 Å². The third kappa shape index (κ3) is 2.50. The maximum Gasteiger partial charge on any atom is 0.159 e. The Labute approximate surface area is 118 Å². The second kappa shape index (κ2) is 5.57. The van der Waals surface area contributed by atoms with Crippen molar-refractivity contribution >= 4 is 5.78 Å². The van der Waals surface area contributed by atoms with E-state index in [-0.39, 0.29) is 18.0 Å². The van der Waals surface area contributed by atoms with Gasteiger partial charge in [0.2, 0.25) is 0 Å². The second-order valence-electron chi connectivity index (χ2n) is 4.88. The highest BCUT2D eigenvalue weighted by Gasteiger charge is 2.31. The van der Waals surface area contributed by atoms with Gasteiger partial charge in [-0.05, 0) is 18.1 Å². The number of hydrogen-bond donors (Lipinski definition) is 0. The fourth-order valence-corrected chi connectivity index (χ4v) is 2.45. The van der Waals surface area contributed by atoms with Crippen LogP contribution >= 0.6 is 0 Å². The summed E-state index contributed by atoms with van der Waals surface area (Å²) in [4.78, 5) is 11.3. The van der Waals surface area contributed by atoms with Crippen molar-refractivity contribution in [1.82, 2.24) is 0 Å². The minimum atomic E-state index is -0.126. The lowest BCUT2D eigenvalue weighted by Gasteiger charge is -2.17. The Bertz CT molecular complexity index is 589. The zero-order valence-electron chi connectivity index (χ0n) is 11.3. The largest absolute Gasteiger partial charge is 0.344 e. The van der Waals surface area contributed by atoms with Crippen LogP contribution in [0.15, 0.2) is 54.6 Å². The van der Waals surface area contributed by atoms with E-state index in [4.69, 9.17) is 9.47 Å². The van der Waals surface area contributed by atoms with E-state index in [9.17, 15) is 4.79 Å². The normalized spacial score (nSPS) is 21.9. The molecule has 1 fully saturated rings. The Morgan fingerprint density at radius 1 is 0.900 bits per heavy atom. The lowest BCUT2D eigenvalue weighted by Crippen LogP contribution is -2.07. The molecule has 0 saturated carbocycles. The summed E-state index contributed by atoms with van der Waals surface area (Å²) in [5, 5.41) is 0. The minimum Gasteiger partial charge on any atom is -0.344 e. The number of ketones is 1. The summed E-state index contributed by atoms with van der Waals surface area (Å²) in [6.07, 6.45) is -0.224. The molecule has 1 heterocycles. The molecule has 0 N–H and O–H groups in total. The Hall–Kier alpha value is -1.97. The molecule has 2 aromatic rings. The van der Waals surface area contributed by atoms with Gasteiger partial charge in [-0.3, -0.25) is 4.79 Å². The summed E-state index contributed by atoms with van der Waals surface area (Å²) >= 11 is 0. The summed E-state index contributed by atoms with van der Waals surface area (Å²) in [5.74, 6) is 0.0692. The van der Waals surface area contributed by atoms with Crippen LogP contribution in [0, 0.1) is 0 Å². The average molecular weight is 268 g/mol. The monoisotopic (exact) mass is 268 g/mol. The molecule has 0 radical (unpaired) electrons. The van der Waals surface area contributed by atoms with E-state index in [2.05, 4.69) is 0 Å². The van der Waals surface area contributed by atoms with Gasteiger partial charge >= 0.3 is 0 Å². The van der Waals surface area contributed by atoms with Gasteiger partial charge < -0.3 is 9.47 Å². The van der Waals surface area contributed by atoms with Crippen LogP contribution < -0.4 is 0 Å². The zero-order chi connectivity index (χ0) is 13.9. The van der Waals surface area contributed by atoms with Gasteiger partial charge in [-0.25, -0.2) is 0 Å². The topological polar surface area (TPSA) is 35.5 Å². The van der Waals surface area contributed by atoms with Crippen LogP contribution in [0.1, 0.15) is 40.6 Å². The van der Waals surface area contributed by atoms with Gasteiger partial charge in [0.25, 0.3) is 0 Å². The van der Waals surface area contributed by atoms with Gasteiger partial charge in [0.1, 0.15) is 19.0 Å². The highest BCUT2D eigenvalue weighted by molar-refractivity contribution is 5.94. The van der Waals surface area contributed by atoms with E-state index in [0.29, 0.717) is 12.4 Å². The molecule has 3 heteroatoms. The SMILES string of the molecule is CC(=O)c1ccc([C@H]2OCO[C@H]2c2ccccc2)cc1. The molecule has 102 valence electrons. The molecule has 1 aliphatic rings. The molecule has 0 amide bonds. The first kappa shape index (κ1) is 13.0. The molecule has 1 saturated heterocycles. The van der Waals surface area contributed by atoms with Gasteiger partial charge in [0, 0.05) is 5.56 Å². The van der Waals surface area contributed by atoms with Crippen molar-refractivity contribution < 1.29 is 14.3 Å². The predicted molar refractivity (Wildman–Crippen MR) is 75.4 cm³/mol. The van der Waals surface area contributed by atoms with Gasteiger partial charge in [0.15, 0.2) is 5.78 Å². The molecule has 3 nitrogen and oxygen atoms in total. The van der Waals surface area contributed by atoms with E-state index in [1.807, 2.05) is 54.6 Å². The first-order chi connectivity index (χ1) is 9.75. The second-order valence-corrected chi connectivity index (χ2v) is 4.88. The molecule has 20 heavy (non-hydrogen) atoms. The molecule has 0 aromatic heterocycles. The van der Waals surface area contributed by atoms with Crippen LogP contribution in [0.2, 0.25) is 0 Å². The predicted octanol–water partition coefficient (Wildman–Crippen LogP) is 3.68. The van der Waals surface area contributed by atoms with Crippen LogP contribution in [0.4, 0.5) is 0 Å². The van der Waals surface area contributed by atoms with Crippen molar-refractivity contribution in [3.05, 3.63) is 71.3 Å². The Morgan fingerprint density at radius 3 is 2.00 bits per heavy atom. The van der Waals surface area contributed by atoms with Crippen LogP contribution in [-0.2, 0) is 9.47 Å². The lowest BCUT2D eigenvalue weighted by atomic mass is 9.97. The number of ether oxygens (including phenoxy) is 2. The Kier molecular flexibility index (Phi) is 3.63. The third-order valence-electron chi connectivity index (χ3n) is 3.54. The van der Waals surface area contributed by atoms with E-state index >= 15 is 0 Å². The number of benzene rings is 2. The summed E-state index contributed by atoms with van der Waals surface area (Å²) in [6.45, 7) is 1.86. The van der Waals surface area contributed by atoms with Crippen molar-refractivity contribution in [2.75, 3.05) is 6.79 Å². The maximum absolute atomic E-state index is 11.3. The number of rotatable bonds is 3. The summed E-state index contributed by atoms with van der Waals surface area (Å²) in [7, 11) is 0. The number of hydrogen-bond acceptors (Lipinski definition) is 3. The first-order valence-corrected chi connectivity index (χ1v) is 6.65. The van der Waals surface area contributed by atoms with E-state index < -0.39 is 0 Å². The van der Waals surface area contributed by atoms with E-state index in [1.54, 1.807) is 6.92 Å². The lowest BCUT2D eigenvalue weighted by molar-refractivity contribution is 0.0382. The van der Waals surface area contributed by atoms with Crippen LogP contribution in [0.5, 0.6) is 0 Å². The molecule has 2 aromatic carbocycles. The van der Waals surface area contributed by atoms with Crippen molar-refractivity contribution in [3.8, 4) is 0 Å². The fraction of sp³-hybridized carbons (Fsp3) is 0.235. The molecule has 1 aliphatic heterocycles. The Balaban J connectivity index is 1.87. The maximum atomic E-state index is 11.3. The number of carbonyl (C=O) groups excluding carboxylic acids is 1. The zero-order valence-corrected chi connectivity index (χ0v) is 11.3. The quantitative estimate of drug-likeness (QED) is 0.797. The van der Waals surface area contributed by atoms with Crippen LogP contribution in [-0.4, -0.2) is 12.6 Å². The molecule has 0 bridgehead atoms. The highest BCUT2D eigenvalue weighted by Crippen LogP contribution is 2.39. The smallest absolute Gasteiger partial charge is 0.159 e. The minimum absolute atomic E-state index is 0.0692. The van der Waals surface area contributed by atoms with Gasteiger partial charge in [-0.2, -0.15) is 0 Å². The van der Waals surface area contributed by atoms with Crippen LogP contribution in [0.25, 0.3) is 0 Å². The number of Topliss-reactive ketones (excluding diaryl/α,β-unsaturated/α-hetero) is 1. The highest BCUT2D eigenvalue weighted by atomic mass is 16.7. The molecule has 3 rings (SSSR count). The third-order valence-corrected chi connectivity index (χ3v) is 3.54. The molecule has 2 atom stereocenters. The fourth-order valence-electron chi connectivity index (χ4n) is 2.45. The summed E-state index contributed by atoms with van der Waals surface area (Å²) < 4.78 is 11.4. The van der Waals surface area contributed by atoms with Crippen LogP contribution in [0.3, 0.4) is 0 Å². The van der Waals surface area contributed by atoms with Crippen molar-refractivity contribution in [2.45, 2.75) is 19.1 Å². The number of carbonyl (C=O) groups is 1. The first-order valence-electron chi connectivity index (χ1n) is 6.65. The van der Waals surface area contributed by atoms with Gasteiger partial charge in [-0.1, -0.05) is 54.6 Å². The van der Waals surface area contributed by atoms with Crippen molar-refractivity contribution in [1.29, 1.82) is 0 Å². The van der Waals surface area contributed by atoms with Crippen molar-refractivity contribution in [3.63, 3.8) is 0 Å². The molecular weight excluding hydrogens is 252 g/mol. The van der Waals surface area contributed by atoms with Gasteiger partial charge in [0.05, 0.1) is 0 Å². The Morgan fingerprint density at radius 2 is 1.45 bits per heavy atom. The van der Waals surface area contributed by atoms with Crippen molar-refractivity contribution in [2.24, 2.45) is 0 Å². The van der Waals surface area contributed by atoms with E-state index in [1.165, 1.54) is 0 Å². The molecule has 0 unspecified atom stereocenters. The molecule has 0 spiro atoms. The summed E-state index contributed by atoms with van der Waals surface area (Å²) in [6, 6.07) is 17.6. The average Bonchev–Trinajstić information content (AvgIpc) is 2.97. The molecule has 0 aliphatic carbocycles. The standard InChI is InChI=1S/C17H16O3/c1-12(18)13-7-9-15(10-8-13)17-16(19-11-20-17)14-5-3-2-4-6-14/h2-10,16-17H,11H2,1H3/t16-,17+/m0/s1. The van der Waals surface area contributed by atoms with Gasteiger partial charge in [-0.15, -0.1) is 0 Å².